The van der Waals surface area contributed by atoms with Gasteiger partial charge in [-0.15, -0.1) is 0 Å². The first-order chi connectivity index (χ1) is 13.3. The summed E-state index contributed by atoms with van der Waals surface area (Å²) in [5.41, 5.74) is 2.17. The first-order valence-electron chi connectivity index (χ1n) is 9.11. The van der Waals surface area contributed by atoms with Crippen LogP contribution in [0.5, 0.6) is 11.5 Å². The van der Waals surface area contributed by atoms with Crippen molar-refractivity contribution in [3.8, 4) is 11.5 Å². The summed E-state index contributed by atoms with van der Waals surface area (Å²) in [4.78, 5) is 23.6. The Labute approximate surface area is 166 Å². The Morgan fingerprint density at radius 1 is 0.964 bits per heavy atom. The van der Waals surface area contributed by atoms with Crippen LogP contribution in [0.1, 0.15) is 36.7 Å². The molecule has 0 fully saturated rings. The van der Waals surface area contributed by atoms with Gasteiger partial charge in [0.25, 0.3) is 5.91 Å². The monoisotopic (exact) mass is 384 g/mol. The molecule has 6 nitrogen and oxygen atoms in total. The van der Waals surface area contributed by atoms with Crippen molar-refractivity contribution >= 4 is 17.4 Å². The van der Waals surface area contributed by atoms with Crippen LogP contribution in [0.25, 0.3) is 0 Å². The van der Waals surface area contributed by atoms with Gasteiger partial charge in [0.1, 0.15) is 5.78 Å². The number of methoxy groups -OCH3 is 2. The third kappa shape index (κ3) is 5.57. The predicted octanol–water partition coefficient (Wildman–Crippen LogP) is 3.41. The molecule has 0 aliphatic carbocycles. The highest BCUT2D eigenvalue weighted by Gasteiger charge is 2.20. The fourth-order valence-electron chi connectivity index (χ4n) is 2.84. The third-order valence-corrected chi connectivity index (χ3v) is 4.51. The number of nitrogens with one attached hydrogen (secondary N) is 2. The SMILES string of the molecule is COc1ccc(C(=O)Nc2ccc(C(C)(C)CNCC(C)=O)cc2)cc1OC. The van der Waals surface area contributed by atoms with E-state index >= 15 is 0 Å². The van der Waals surface area contributed by atoms with E-state index in [4.69, 9.17) is 9.47 Å². The number of Topliss-reactive ketones (excluding diaryl/α,β-unsaturated/α-hetero) is 1. The topological polar surface area (TPSA) is 76.7 Å². The van der Waals surface area contributed by atoms with E-state index < -0.39 is 0 Å². The maximum atomic E-state index is 12.5. The first-order valence-corrected chi connectivity index (χ1v) is 9.11. The van der Waals surface area contributed by atoms with Gasteiger partial charge in [-0.2, -0.15) is 0 Å². The number of hydrogen-bond donors (Lipinski definition) is 2. The number of carbonyl (C=O) groups is 2. The Bertz CT molecular complexity index is 829. The number of amides is 1. The molecular weight excluding hydrogens is 356 g/mol. The lowest BCUT2D eigenvalue weighted by Gasteiger charge is -2.26. The van der Waals surface area contributed by atoms with E-state index in [1.165, 1.54) is 7.11 Å². The second kappa shape index (κ2) is 9.37. The smallest absolute Gasteiger partial charge is 0.255 e. The van der Waals surface area contributed by atoms with Gasteiger partial charge in [0.05, 0.1) is 20.8 Å². The van der Waals surface area contributed by atoms with Gasteiger partial charge in [-0.05, 0) is 42.8 Å². The van der Waals surface area contributed by atoms with Crippen LogP contribution in [0.15, 0.2) is 42.5 Å². The van der Waals surface area contributed by atoms with E-state index in [0.717, 1.165) is 5.56 Å². The lowest BCUT2D eigenvalue weighted by Crippen LogP contribution is -2.35. The van der Waals surface area contributed by atoms with E-state index in [1.54, 1.807) is 32.2 Å². The predicted molar refractivity (Wildman–Crippen MR) is 111 cm³/mol. The van der Waals surface area contributed by atoms with Crippen LogP contribution in [-0.4, -0.2) is 39.0 Å². The second-order valence-electron chi connectivity index (χ2n) is 7.29. The maximum absolute atomic E-state index is 12.5. The highest BCUT2D eigenvalue weighted by molar-refractivity contribution is 6.04. The molecule has 0 bridgehead atoms. The van der Waals surface area contributed by atoms with Gasteiger partial charge in [-0.1, -0.05) is 26.0 Å². The lowest BCUT2D eigenvalue weighted by atomic mass is 9.84. The highest BCUT2D eigenvalue weighted by atomic mass is 16.5. The molecule has 6 heteroatoms. The molecule has 0 spiro atoms. The molecule has 0 saturated heterocycles. The standard InChI is InChI=1S/C22H28N2O4/c1-15(25)13-23-14-22(2,3)17-7-9-18(10-8-17)24-21(26)16-6-11-19(27-4)20(12-16)28-5/h6-12,23H,13-14H2,1-5H3,(H,24,26). The molecule has 0 aliphatic rings. The number of ether oxygens (including phenoxy) is 2. The largest absolute Gasteiger partial charge is 0.493 e. The van der Waals surface area contributed by atoms with Gasteiger partial charge in [0.2, 0.25) is 0 Å². The molecule has 1 amide bonds. The van der Waals surface area contributed by atoms with Crippen molar-refractivity contribution in [1.29, 1.82) is 0 Å². The summed E-state index contributed by atoms with van der Waals surface area (Å²) in [6, 6.07) is 12.8. The molecule has 28 heavy (non-hydrogen) atoms. The number of rotatable bonds is 9. The lowest BCUT2D eigenvalue weighted by molar-refractivity contribution is -0.116. The fraction of sp³-hybridized carbons (Fsp3) is 0.364. The zero-order chi connectivity index (χ0) is 20.7. The van der Waals surface area contributed by atoms with Crippen LogP contribution in [0, 0.1) is 0 Å². The molecule has 0 saturated carbocycles. The highest BCUT2D eigenvalue weighted by Crippen LogP contribution is 2.28. The summed E-state index contributed by atoms with van der Waals surface area (Å²) >= 11 is 0. The summed E-state index contributed by atoms with van der Waals surface area (Å²) in [6.45, 7) is 6.83. The summed E-state index contributed by atoms with van der Waals surface area (Å²) < 4.78 is 10.4. The van der Waals surface area contributed by atoms with Crippen molar-refractivity contribution in [1.82, 2.24) is 5.32 Å². The summed E-state index contributed by atoms with van der Waals surface area (Å²) in [6.07, 6.45) is 0. The fourth-order valence-corrected chi connectivity index (χ4v) is 2.84. The average molecular weight is 384 g/mol. The van der Waals surface area contributed by atoms with E-state index in [1.807, 2.05) is 24.3 Å². The molecule has 2 aromatic carbocycles. The number of benzene rings is 2. The maximum Gasteiger partial charge on any atom is 0.255 e. The van der Waals surface area contributed by atoms with Crippen molar-refractivity contribution in [3.05, 3.63) is 53.6 Å². The van der Waals surface area contributed by atoms with E-state index in [-0.39, 0.29) is 17.1 Å². The Morgan fingerprint density at radius 3 is 2.18 bits per heavy atom. The van der Waals surface area contributed by atoms with E-state index in [0.29, 0.717) is 35.8 Å². The molecule has 0 aliphatic heterocycles. The Kier molecular flexibility index (Phi) is 7.18. The van der Waals surface area contributed by atoms with E-state index in [9.17, 15) is 9.59 Å². The zero-order valence-electron chi connectivity index (χ0n) is 17.1. The quantitative estimate of drug-likeness (QED) is 0.693. The van der Waals surface area contributed by atoms with Crippen LogP contribution in [0.2, 0.25) is 0 Å². The molecule has 0 radical (unpaired) electrons. The van der Waals surface area contributed by atoms with Crippen molar-refractivity contribution in [2.45, 2.75) is 26.2 Å². The van der Waals surface area contributed by atoms with Crippen LogP contribution < -0.4 is 20.1 Å². The summed E-state index contributed by atoms with van der Waals surface area (Å²) in [5, 5.41) is 6.06. The van der Waals surface area contributed by atoms with Crippen molar-refractivity contribution < 1.29 is 19.1 Å². The van der Waals surface area contributed by atoms with Gasteiger partial charge in [0, 0.05) is 23.2 Å². The van der Waals surface area contributed by atoms with Crippen molar-refractivity contribution in [2.24, 2.45) is 0 Å². The van der Waals surface area contributed by atoms with Crippen LogP contribution in [-0.2, 0) is 10.2 Å². The van der Waals surface area contributed by atoms with Crippen LogP contribution >= 0.6 is 0 Å². The van der Waals surface area contributed by atoms with Gasteiger partial charge >= 0.3 is 0 Å². The number of ketones is 1. The summed E-state index contributed by atoms with van der Waals surface area (Å²) in [7, 11) is 3.08. The molecule has 0 unspecified atom stereocenters. The average Bonchev–Trinajstić information content (AvgIpc) is 2.67. The van der Waals surface area contributed by atoms with Crippen molar-refractivity contribution in [2.75, 3.05) is 32.6 Å². The van der Waals surface area contributed by atoms with Gasteiger partial charge in [0.15, 0.2) is 11.5 Å². The number of hydrogen-bond acceptors (Lipinski definition) is 5. The van der Waals surface area contributed by atoms with Crippen LogP contribution in [0.4, 0.5) is 5.69 Å². The minimum Gasteiger partial charge on any atom is -0.493 e. The van der Waals surface area contributed by atoms with Crippen LogP contribution in [0.3, 0.4) is 0 Å². The normalized spacial score (nSPS) is 11.0. The molecule has 2 rings (SSSR count). The Balaban J connectivity index is 2.05. The first kappa shape index (κ1) is 21.4. The summed E-state index contributed by atoms with van der Waals surface area (Å²) in [5.74, 6) is 0.967. The minimum absolute atomic E-state index is 0.115. The molecular formula is C22H28N2O4. The Hall–Kier alpha value is -2.86. The van der Waals surface area contributed by atoms with E-state index in [2.05, 4.69) is 24.5 Å². The molecule has 2 aromatic rings. The third-order valence-electron chi connectivity index (χ3n) is 4.51. The second-order valence-corrected chi connectivity index (χ2v) is 7.29. The molecule has 0 aromatic heterocycles. The Morgan fingerprint density at radius 2 is 1.61 bits per heavy atom. The minimum atomic E-state index is -0.226. The van der Waals surface area contributed by atoms with Crippen molar-refractivity contribution in [3.63, 3.8) is 0 Å². The van der Waals surface area contributed by atoms with Gasteiger partial charge in [-0.25, -0.2) is 0 Å². The molecule has 0 atom stereocenters. The molecule has 150 valence electrons. The number of anilines is 1. The van der Waals surface area contributed by atoms with Gasteiger partial charge in [-0.3, -0.25) is 9.59 Å². The zero-order valence-corrected chi connectivity index (χ0v) is 17.1. The number of carbonyl (C=O) groups excluding carboxylic acids is 2. The molecule has 2 N–H and O–H groups in total. The molecule has 0 heterocycles. The van der Waals surface area contributed by atoms with Gasteiger partial charge < -0.3 is 20.1 Å².